The summed E-state index contributed by atoms with van der Waals surface area (Å²) in [5, 5.41) is 9.43. The van der Waals surface area contributed by atoms with Gasteiger partial charge in [0.25, 0.3) is 5.91 Å². The van der Waals surface area contributed by atoms with E-state index in [1.165, 1.54) is 0 Å². The number of rotatable bonds is 3. The van der Waals surface area contributed by atoms with Crippen LogP contribution in [-0.2, 0) is 0 Å². The Morgan fingerprint density at radius 2 is 2.23 bits per heavy atom. The van der Waals surface area contributed by atoms with Gasteiger partial charge >= 0.3 is 5.69 Å². The van der Waals surface area contributed by atoms with Crippen LogP contribution in [0.1, 0.15) is 34.9 Å². The van der Waals surface area contributed by atoms with E-state index < -0.39 is 0 Å². The summed E-state index contributed by atoms with van der Waals surface area (Å²) in [6.45, 7) is 1.29. The van der Waals surface area contributed by atoms with Crippen LogP contribution in [0.25, 0.3) is 0 Å². The molecular formula is C15H19N5O2. The van der Waals surface area contributed by atoms with Gasteiger partial charge in [-0.25, -0.2) is 9.89 Å². The van der Waals surface area contributed by atoms with Crippen molar-refractivity contribution in [3.63, 3.8) is 0 Å². The number of hydrogen-bond acceptors (Lipinski definition) is 4. The predicted octanol–water partition coefficient (Wildman–Crippen LogP) is 1.16. The Balaban J connectivity index is 1.79. The molecule has 1 aromatic carbocycles. The molecule has 1 atom stereocenters. The minimum atomic E-state index is -0.307. The molecule has 1 amide bonds. The summed E-state index contributed by atoms with van der Waals surface area (Å²) < 4.78 is 0. The molecule has 0 radical (unpaired) electrons. The maximum absolute atomic E-state index is 12.7. The normalized spacial score (nSPS) is 18.2. The molecule has 7 heteroatoms. The number of nitrogens with zero attached hydrogens (tertiary/aromatic N) is 2. The van der Waals surface area contributed by atoms with Crippen LogP contribution < -0.4 is 11.0 Å². The number of amides is 1. The van der Waals surface area contributed by atoms with E-state index in [4.69, 9.17) is 0 Å². The molecule has 7 nitrogen and oxygen atoms in total. The van der Waals surface area contributed by atoms with Crippen LogP contribution in [0.3, 0.4) is 0 Å². The van der Waals surface area contributed by atoms with Crippen LogP contribution in [0, 0.1) is 0 Å². The number of anilines is 1. The zero-order valence-corrected chi connectivity index (χ0v) is 12.4. The molecule has 22 heavy (non-hydrogen) atoms. The molecule has 2 heterocycles. The molecule has 1 saturated heterocycles. The summed E-state index contributed by atoms with van der Waals surface area (Å²) in [6, 6.07) is 7.48. The summed E-state index contributed by atoms with van der Waals surface area (Å²) in [5.74, 6) is 0.704. The van der Waals surface area contributed by atoms with Crippen LogP contribution in [0.15, 0.2) is 29.1 Å². The van der Waals surface area contributed by atoms with E-state index in [1.54, 1.807) is 7.05 Å². The summed E-state index contributed by atoms with van der Waals surface area (Å²) in [4.78, 5) is 28.5. The first-order chi connectivity index (χ1) is 10.7. The average molecular weight is 301 g/mol. The number of carbonyl (C=O) groups is 1. The number of likely N-dealkylation sites (tertiary alicyclic amines) is 1. The molecule has 1 fully saturated rings. The van der Waals surface area contributed by atoms with Crippen molar-refractivity contribution in [2.24, 2.45) is 0 Å². The zero-order chi connectivity index (χ0) is 15.5. The molecule has 2 aromatic rings. The summed E-state index contributed by atoms with van der Waals surface area (Å²) in [6.07, 6.45) is 1.81. The SMILES string of the molecule is CNc1ccccc1C(=O)N1CCCC(c2n[nH]c(=O)[nH]2)C1. The van der Waals surface area contributed by atoms with E-state index in [2.05, 4.69) is 20.5 Å². The van der Waals surface area contributed by atoms with E-state index >= 15 is 0 Å². The summed E-state index contributed by atoms with van der Waals surface area (Å²) in [7, 11) is 1.81. The van der Waals surface area contributed by atoms with E-state index in [0.29, 0.717) is 17.9 Å². The van der Waals surface area contributed by atoms with E-state index in [1.807, 2.05) is 29.2 Å². The molecule has 1 aliphatic rings. The summed E-state index contributed by atoms with van der Waals surface area (Å²) in [5.41, 5.74) is 1.18. The highest BCUT2D eigenvalue weighted by Gasteiger charge is 2.28. The Bertz CT molecular complexity index is 720. The first-order valence-corrected chi connectivity index (χ1v) is 7.39. The molecule has 1 unspecified atom stereocenters. The van der Waals surface area contributed by atoms with Crippen molar-refractivity contribution < 1.29 is 4.79 Å². The molecule has 0 spiro atoms. The second kappa shape index (κ2) is 6.05. The second-order valence-electron chi connectivity index (χ2n) is 5.45. The van der Waals surface area contributed by atoms with Crippen molar-refractivity contribution in [1.29, 1.82) is 0 Å². The Kier molecular flexibility index (Phi) is 3.95. The lowest BCUT2D eigenvalue weighted by Gasteiger charge is -2.32. The highest BCUT2D eigenvalue weighted by Crippen LogP contribution is 2.26. The zero-order valence-electron chi connectivity index (χ0n) is 12.4. The van der Waals surface area contributed by atoms with E-state index in [-0.39, 0.29) is 17.5 Å². The van der Waals surface area contributed by atoms with Gasteiger partial charge in [0.15, 0.2) is 0 Å². The van der Waals surface area contributed by atoms with Crippen molar-refractivity contribution in [1.82, 2.24) is 20.1 Å². The molecule has 1 aromatic heterocycles. The Labute approximate surface area is 127 Å². The number of aromatic amines is 2. The summed E-state index contributed by atoms with van der Waals surface area (Å²) >= 11 is 0. The van der Waals surface area contributed by atoms with E-state index in [9.17, 15) is 9.59 Å². The number of H-pyrrole nitrogens is 2. The van der Waals surface area contributed by atoms with Crippen molar-refractivity contribution in [3.05, 3.63) is 46.1 Å². The molecule has 3 rings (SSSR count). The lowest BCUT2D eigenvalue weighted by atomic mass is 9.96. The molecule has 3 N–H and O–H groups in total. The van der Waals surface area contributed by atoms with Crippen molar-refractivity contribution >= 4 is 11.6 Å². The fraction of sp³-hybridized carbons (Fsp3) is 0.400. The predicted molar refractivity (Wildman–Crippen MR) is 83.1 cm³/mol. The van der Waals surface area contributed by atoms with Crippen molar-refractivity contribution in [3.8, 4) is 0 Å². The second-order valence-corrected chi connectivity index (χ2v) is 5.45. The molecule has 0 aliphatic carbocycles. The van der Waals surface area contributed by atoms with Gasteiger partial charge in [0.05, 0.1) is 5.56 Å². The van der Waals surface area contributed by atoms with Gasteiger partial charge in [0, 0.05) is 31.7 Å². The van der Waals surface area contributed by atoms with Gasteiger partial charge in [-0.05, 0) is 25.0 Å². The fourth-order valence-corrected chi connectivity index (χ4v) is 2.92. The van der Waals surface area contributed by atoms with Crippen molar-refractivity contribution in [2.75, 3.05) is 25.5 Å². The molecule has 0 bridgehead atoms. The van der Waals surface area contributed by atoms with Gasteiger partial charge in [-0.3, -0.25) is 9.78 Å². The van der Waals surface area contributed by atoms with Crippen LogP contribution in [-0.4, -0.2) is 46.1 Å². The van der Waals surface area contributed by atoms with Gasteiger partial charge in [-0.1, -0.05) is 12.1 Å². The molecule has 116 valence electrons. The van der Waals surface area contributed by atoms with Gasteiger partial charge < -0.3 is 10.2 Å². The van der Waals surface area contributed by atoms with Crippen LogP contribution in [0.2, 0.25) is 0 Å². The Morgan fingerprint density at radius 1 is 1.41 bits per heavy atom. The number of aromatic nitrogens is 3. The van der Waals surface area contributed by atoms with Crippen LogP contribution in [0.4, 0.5) is 5.69 Å². The lowest BCUT2D eigenvalue weighted by molar-refractivity contribution is 0.0705. The van der Waals surface area contributed by atoms with Gasteiger partial charge in [0.2, 0.25) is 0 Å². The Morgan fingerprint density at radius 3 is 2.95 bits per heavy atom. The highest BCUT2D eigenvalue weighted by molar-refractivity contribution is 5.99. The number of nitrogens with one attached hydrogen (secondary N) is 3. The molecule has 0 saturated carbocycles. The molecular weight excluding hydrogens is 282 g/mol. The first kappa shape index (κ1) is 14.4. The number of piperidine rings is 1. The quantitative estimate of drug-likeness (QED) is 0.793. The number of carbonyl (C=O) groups excluding carboxylic acids is 1. The third-order valence-electron chi connectivity index (χ3n) is 4.04. The average Bonchev–Trinajstić information content (AvgIpc) is 3.01. The largest absolute Gasteiger partial charge is 0.387 e. The number of benzene rings is 1. The first-order valence-electron chi connectivity index (χ1n) is 7.39. The number of para-hydroxylation sites is 1. The van der Waals surface area contributed by atoms with Gasteiger partial charge in [-0.15, -0.1) is 0 Å². The maximum atomic E-state index is 12.7. The minimum Gasteiger partial charge on any atom is -0.387 e. The standard InChI is InChI=1S/C15H19N5O2/c1-16-12-7-3-2-6-11(12)14(21)20-8-4-5-10(9-20)13-17-15(22)19-18-13/h2-3,6-7,10,16H,4-5,8-9H2,1H3,(H2,17,18,19,22). The topological polar surface area (TPSA) is 93.9 Å². The maximum Gasteiger partial charge on any atom is 0.340 e. The third kappa shape index (κ3) is 2.74. The Hall–Kier alpha value is -2.57. The molecule has 1 aliphatic heterocycles. The van der Waals surface area contributed by atoms with E-state index in [0.717, 1.165) is 25.1 Å². The van der Waals surface area contributed by atoms with Crippen molar-refractivity contribution in [2.45, 2.75) is 18.8 Å². The van der Waals surface area contributed by atoms with Gasteiger partial charge in [0.1, 0.15) is 5.82 Å². The van der Waals surface area contributed by atoms with Crippen LogP contribution >= 0.6 is 0 Å². The number of hydrogen-bond donors (Lipinski definition) is 3. The fourth-order valence-electron chi connectivity index (χ4n) is 2.92. The third-order valence-corrected chi connectivity index (χ3v) is 4.04. The smallest absolute Gasteiger partial charge is 0.340 e. The van der Waals surface area contributed by atoms with Gasteiger partial charge in [-0.2, -0.15) is 5.10 Å². The minimum absolute atomic E-state index is 0.00697. The monoisotopic (exact) mass is 301 g/mol. The highest BCUT2D eigenvalue weighted by atomic mass is 16.2. The van der Waals surface area contributed by atoms with Crippen LogP contribution in [0.5, 0.6) is 0 Å². The lowest BCUT2D eigenvalue weighted by Crippen LogP contribution is -2.39.